The summed E-state index contributed by atoms with van der Waals surface area (Å²) in [5, 5.41) is 20.0. The van der Waals surface area contributed by atoms with Crippen molar-refractivity contribution in [1.29, 1.82) is 0 Å². The SMILES string of the molecule is CC(C)C[n+]1cccc2c1ncn2CC(N)=O.CN=C(C(=O)NC1C(=O)N2C(C(=O)[O-])=C(C[n+]3cccc4c3ncn4CC(N)=O)CSC12)c1nsc(N)n1.[B]P(C)OC(=O)C1=C(CI)CSC2C(NC(=O)C(=NC)c3nsc(NC)n3)C(=O)N12.[I-]. The molecule has 0 aromatic carbocycles. The summed E-state index contributed by atoms with van der Waals surface area (Å²) in [6.45, 7) is 7.05. The molecular weight excluding hydrogens is 1440 g/mol. The van der Waals surface area contributed by atoms with E-state index in [0.29, 0.717) is 38.0 Å². The van der Waals surface area contributed by atoms with Gasteiger partial charge in [-0.3, -0.25) is 57.7 Å². The largest absolute Gasteiger partial charge is 1.00 e. The minimum absolute atomic E-state index is 0. The lowest BCUT2D eigenvalue weighted by atomic mass is 10.0. The molecule has 86 heavy (non-hydrogen) atoms. The molecule has 10 heterocycles. The third kappa shape index (κ3) is 14.6. The molecule has 0 bridgehead atoms. The smallest absolute Gasteiger partial charge is 0.356 e. The number of anilines is 2. The summed E-state index contributed by atoms with van der Waals surface area (Å²) in [5.41, 5.74) is 20.2. The van der Waals surface area contributed by atoms with Crippen LogP contribution in [0.5, 0.6) is 0 Å². The number of pyridine rings is 2. The molecule has 0 saturated carbocycles. The summed E-state index contributed by atoms with van der Waals surface area (Å²) < 4.78 is 21.0. The number of aliphatic carboxylic acids is 1. The van der Waals surface area contributed by atoms with Crippen molar-refractivity contribution in [3.8, 4) is 0 Å². The summed E-state index contributed by atoms with van der Waals surface area (Å²) >= 11 is 6.93. The Morgan fingerprint density at radius 2 is 1.33 bits per heavy atom. The van der Waals surface area contributed by atoms with Crippen LogP contribution in [-0.2, 0) is 69.1 Å². The van der Waals surface area contributed by atoms with E-state index in [9.17, 15) is 43.5 Å². The van der Waals surface area contributed by atoms with Gasteiger partial charge in [0.1, 0.15) is 59.2 Å². The second kappa shape index (κ2) is 29.3. The molecule has 6 amide bonds. The van der Waals surface area contributed by atoms with Gasteiger partial charge in [0.2, 0.25) is 29.6 Å². The lowest BCUT2D eigenvalue weighted by Gasteiger charge is -2.50. The monoisotopic (exact) mass is 1490 g/mol. The highest BCUT2D eigenvalue weighted by Crippen LogP contribution is 2.43. The molecule has 0 spiro atoms. The second-order valence-corrected chi connectivity index (χ2v) is 24.8. The number of nitrogens with two attached hydrogens (primary N) is 3. The number of nitrogens with zero attached hydrogens (tertiary/aromatic N) is 14. The standard InChI is InChI=1S/C21H20N10O5S2.C15H17BIN6O4PS2.C12H16N4O.HI/c1-24-12(15-27-21(23)38-28-15)17(33)26-13-18(34)31-14(20(35)36)9(7-37-19(13)31)5-29-4-2-3-10-16(29)25-8-30(10)6-11(22)32;1-18-7(10-21-15(19-2)30-22-10)11(24)20-8-12(25)23-9(14(26)27-28(3)16)6(4-17)5-29-13(8)23;1-9(2)6-15-5-3-4-10-12(15)14-8-16(10)7-11(13)17;/h2-4,8,13,19H,5-7H2,1H3,(H5-,22,23,26,27,28,32,33,35,36);8,13H,4-5H2,1-3H3,(H,20,24)(H,19,21,22);3-5,8-9H,6-7H2,1-2H3,(H-,13,17);1H. The van der Waals surface area contributed by atoms with Gasteiger partial charge in [0.05, 0.1) is 30.6 Å². The molecule has 6 aromatic heterocycles. The van der Waals surface area contributed by atoms with Crippen LogP contribution in [0.2, 0.25) is 0 Å². The van der Waals surface area contributed by atoms with E-state index in [1.165, 1.54) is 48.8 Å². The molecular formula is C48H54BI2N20O10PS4. The van der Waals surface area contributed by atoms with Crippen molar-refractivity contribution < 1.29 is 81.1 Å². The molecule has 4 aliphatic rings. The molecule has 2 saturated heterocycles. The van der Waals surface area contributed by atoms with Crippen LogP contribution in [0.25, 0.3) is 22.3 Å². The average Bonchev–Trinajstić information content (AvgIpc) is 2.52. The van der Waals surface area contributed by atoms with Crippen molar-refractivity contribution in [2.24, 2.45) is 27.4 Å². The summed E-state index contributed by atoms with van der Waals surface area (Å²) in [6.07, 6.45) is 6.85. The molecule has 5 atom stereocenters. The number of hydrogen-bond donors (Lipinski definition) is 6. The minimum atomic E-state index is -1.51. The summed E-state index contributed by atoms with van der Waals surface area (Å²) in [5.74, 6) is -3.64. The first-order valence-corrected chi connectivity index (χ1v) is 32.2. The lowest BCUT2D eigenvalue weighted by Crippen LogP contribution is -3.00. The maximum atomic E-state index is 13.0. The van der Waals surface area contributed by atoms with Gasteiger partial charge in [0, 0.05) is 73.7 Å². The fourth-order valence-electron chi connectivity index (χ4n) is 9.14. The van der Waals surface area contributed by atoms with Crippen LogP contribution in [-0.4, -0.2) is 181 Å². The number of carboxylic acid groups (broad SMARTS) is 1. The van der Waals surface area contributed by atoms with E-state index >= 15 is 0 Å². The Morgan fingerprint density at radius 3 is 1.78 bits per heavy atom. The first-order chi connectivity index (χ1) is 40.6. The van der Waals surface area contributed by atoms with Gasteiger partial charge in [0.15, 0.2) is 35.8 Å². The number of primary amides is 2. The van der Waals surface area contributed by atoms with Crippen molar-refractivity contribution in [3.63, 3.8) is 0 Å². The fraction of sp³-hybridized carbons (Fsp3) is 0.375. The molecule has 9 N–H and O–H groups in total. The topological polar surface area (TPSA) is 409 Å². The van der Waals surface area contributed by atoms with Crippen molar-refractivity contribution in [2.75, 3.05) is 54.8 Å². The molecule has 38 heteroatoms. The molecule has 452 valence electrons. The Kier molecular flexibility index (Phi) is 22.7. The number of thioether (sulfide) groups is 2. The van der Waals surface area contributed by atoms with E-state index in [1.807, 2.05) is 18.3 Å². The number of amides is 6. The number of carbonyl (C=O) groups excluding carboxylic acids is 8. The van der Waals surface area contributed by atoms with E-state index in [-0.39, 0.29) is 101 Å². The zero-order chi connectivity index (χ0) is 61.6. The molecule has 10 rings (SSSR count). The maximum absolute atomic E-state index is 13.0. The number of nitrogen functional groups attached to an aromatic ring is 1. The number of imidazole rings is 2. The maximum Gasteiger partial charge on any atom is 0.356 e. The predicted molar refractivity (Wildman–Crippen MR) is 324 cm³/mol. The minimum Gasteiger partial charge on any atom is -1.00 e. The number of fused-ring (bicyclic) bond motifs is 4. The first kappa shape index (κ1) is 66.7. The molecule has 4 aliphatic heterocycles. The van der Waals surface area contributed by atoms with Crippen molar-refractivity contribution in [3.05, 3.63) is 83.5 Å². The molecule has 0 aliphatic carbocycles. The van der Waals surface area contributed by atoms with Gasteiger partial charge in [-0.1, -0.05) is 36.4 Å². The predicted octanol–water partition coefficient (Wildman–Crippen LogP) is -5.02. The number of aliphatic imine (C=N–C) groups is 2. The van der Waals surface area contributed by atoms with Gasteiger partial charge in [-0.05, 0) is 52.4 Å². The van der Waals surface area contributed by atoms with Crippen molar-refractivity contribution >= 4 is 176 Å². The quantitative estimate of drug-likeness (QED) is 0.00841. The zero-order valence-electron chi connectivity index (χ0n) is 46.4. The zero-order valence-corrected chi connectivity index (χ0v) is 54.9. The number of rotatable bonds is 19. The van der Waals surface area contributed by atoms with Crippen LogP contribution in [0, 0.1) is 5.92 Å². The summed E-state index contributed by atoms with van der Waals surface area (Å²) in [7, 11) is 8.76. The number of aromatic nitrogens is 10. The normalized spacial score (nSPS) is 18.5. The van der Waals surface area contributed by atoms with Crippen LogP contribution >= 0.6 is 77.2 Å². The lowest BCUT2D eigenvalue weighted by molar-refractivity contribution is -0.678. The first-order valence-electron chi connectivity index (χ1n) is 25.3. The third-order valence-corrected chi connectivity index (χ3v) is 18.0. The van der Waals surface area contributed by atoms with Gasteiger partial charge < -0.3 is 71.6 Å². The van der Waals surface area contributed by atoms with Crippen LogP contribution in [0.4, 0.5) is 10.3 Å². The van der Waals surface area contributed by atoms with Crippen LogP contribution in [0.15, 0.2) is 81.8 Å². The van der Waals surface area contributed by atoms with E-state index < -0.39 is 66.4 Å². The highest BCUT2D eigenvalue weighted by atomic mass is 127. The van der Waals surface area contributed by atoms with E-state index in [0.717, 1.165) is 51.2 Å². The number of hydrogen-bond acceptors (Lipinski definition) is 24. The van der Waals surface area contributed by atoms with Gasteiger partial charge in [-0.25, -0.2) is 13.9 Å². The Hall–Kier alpha value is -6.81. The summed E-state index contributed by atoms with van der Waals surface area (Å²) in [4.78, 5) is 126. The van der Waals surface area contributed by atoms with Gasteiger partial charge in [-0.2, -0.15) is 18.7 Å². The van der Waals surface area contributed by atoms with E-state index in [2.05, 4.69) is 95.6 Å². The van der Waals surface area contributed by atoms with Crippen LogP contribution in [0.1, 0.15) is 25.5 Å². The summed E-state index contributed by atoms with van der Waals surface area (Å²) in [6, 6.07) is 5.64. The molecule has 2 fully saturated rings. The third-order valence-electron chi connectivity index (χ3n) is 12.7. The van der Waals surface area contributed by atoms with Crippen LogP contribution < -0.4 is 71.4 Å². The second-order valence-electron chi connectivity index (χ2n) is 19.0. The Bertz CT molecular complexity index is 3780. The highest BCUT2D eigenvalue weighted by molar-refractivity contribution is 14.1. The number of carboxylic acids is 1. The Balaban J connectivity index is 0.000000196. The average molecular weight is 1490 g/mol. The fourth-order valence-corrected chi connectivity index (χ4v) is 14.1. The Morgan fingerprint density at radius 1 is 0.826 bits per heavy atom. The van der Waals surface area contributed by atoms with Crippen molar-refractivity contribution in [2.45, 2.75) is 62.9 Å². The number of nitrogens with one attached hydrogen (secondary N) is 3. The van der Waals surface area contributed by atoms with Crippen molar-refractivity contribution in [1.82, 2.24) is 58.3 Å². The number of carbonyl (C=O) groups is 8. The number of β-lactam (4-membered cyclic amide) rings is 2. The van der Waals surface area contributed by atoms with Gasteiger partial charge in [-0.15, -0.1) is 23.5 Å². The van der Waals surface area contributed by atoms with Gasteiger partial charge >= 0.3 is 17.3 Å². The number of halogens is 2. The molecule has 2 radical (unpaired) electrons. The molecule has 6 aromatic rings. The van der Waals surface area contributed by atoms with Gasteiger partial charge in [0.25, 0.3) is 23.6 Å². The Labute approximate surface area is 539 Å². The van der Waals surface area contributed by atoms with Crippen LogP contribution in [0.3, 0.4) is 0 Å². The highest BCUT2D eigenvalue weighted by Gasteiger charge is 2.55. The van der Waals surface area contributed by atoms with E-state index in [4.69, 9.17) is 29.3 Å². The number of alkyl halides is 1. The molecule has 5 unspecified atom stereocenters. The van der Waals surface area contributed by atoms with E-state index in [1.54, 1.807) is 52.1 Å². The molecule has 30 nitrogen and oxygen atoms in total.